The van der Waals surface area contributed by atoms with Gasteiger partial charge in [-0.1, -0.05) is 19.9 Å². The van der Waals surface area contributed by atoms with Crippen molar-refractivity contribution in [1.82, 2.24) is 4.98 Å². The molecule has 0 aliphatic carbocycles. The number of rotatable bonds is 5. The van der Waals surface area contributed by atoms with Gasteiger partial charge in [0.2, 0.25) is 5.88 Å². The van der Waals surface area contributed by atoms with Crippen molar-refractivity contribution in [2.24, 2.45) is 11.7 Å². The minimum atomic E-state index is 0.516. The Balaban J connectivity index is 2.64. The second-order valence-electron chi connectivity index (χ2n) is 3.71. The van der Waals surface area contributed by atoms with Gasteiger partial charge in [-0.2, -0.15) is 0 Å². The number of ether oxygens (including phenoxy) is 1. The minimum Gasteiger partial charge on any atom is -0.477 e. The van der Waals surface area contributed by atoms with Crippen LogP contribution in [-0.2, 0) is 6.42 Å². The molecule has 78 valence electrons. The number of aromatic nitrogens is 1. The fraction of sp³-hybridized carbons (Fsp3) is 0.545. The van der Waals surface area contributed by atoms with Gasteiger partial charge in [-0.05, 0) is 24.9 Å². The zero-order valence-corrected chi connectivity index (χ0v) is 8.86. The summed E-state index contributed by atoms with van der Waals surface area (Å²) in [5, 5.41) is 0. The molecule has 1 aromatic heterocycles. The molecule has 1 aromatic rings. The first-order chi connectivity index (χ1) is 6.74. The van der Waals surface area contributed by atoms with Crippen molar-refractivity contribution in [1.29, 1.82) is 0 Å². The van der Waals surface area contributed by atoms with Gasteiger partial charge < -0.3 is 10.5 Å². The topological polar surface area (TPSA) is 48.1 Å². The molecule has 0 amide bonds. The molecule has 0 radical (unpaired) electrons. The Kier molecular flexibility index (Phi) is 4.40. The molecule has 0 aliphatic rings. The Bertz CT molecular complexity index is 274. The summed E-state index contributed by atoms with van der Waals surface area (Å²) >= 11 is 0. The molecule has 0 bridgehead atoms. The molecular formula is C11H18N2O. The molecule has 0 aliphatic heterocycles. The molecule has 3 nitrogen and oxygen atoms in total. The molecule has 0 spiro atoms. The van der Waals surface area contributed by atoms with E-state index in [-0.39, 0.29) is 0 Å². The molecule has 0 atom stereocenters. The van der Waals surface area contributed by atoms with Crippen LogP contribution in [0.4, 0.5) is 0 Å². The standard InChI is InChI=1S/C11H18N2O/c1-9(2)8-14-11-10(5-6-12)4-3-7-13-11/h3-4,7,9H,5-6,8,12H2,1-2H3. The maximum absolute atomic E-state index is 5.58. The van der Waals surface area contributed by atoms with Gasteiger partial charge in [0.15, 0.2) is 0 Å². The van der Waals surface area contributed by atoms with Crippen LogP contribution in [0.15, 0.2) is 18.3 Å². The molecule has 14 heavy (non-hydrogen) atoms. The second-order valence-corrected chi connectivity index (χ2v) is 3.71. The smallest absolute Gasteiger partial charge is 0.216 e. The van der Waals surface area contributed by atoms with Gasteiger partial charge in [0.05, 0.1) is 6.61 Å². The van der Waals surface area contributed by atoms with E-state index in [1.807, 2.05) is 12.1 Å². The lowest BCUT2D eigenvalue weighted by atomic mass is 10.2. The first-order valence-corrected chi connectivity index (χ1v) is 5.00. The highest BCUT2D eigenvalue weighted by atomic mass is 16.5. The van der Waals surface area contributed by atoms with E-state index in [4.69, 9.17) is 10.5 Å². The fourth-order valence-electron chi connectivity index (χ4n) is 1.15. The number of hydrogen-bond donors (Lipinski definition) is 1. The number of nitrogens with zero attached hydrogens (tertiary/aromatic N) is 1. The molecular weight excluding hydrogens is 176 g/mol. The van der Waals surface area contributed by atoms with E-state index in [2.05, 4.69) is 18.8 Å². The first kappa shape index (κ1) is 11.0. The van der Waals surface area contributed by atoms with Gasteiger partial charge >= 0.3 is 0 Å². The van der Waals surface area contributed by atoms with E-state index in [0.29, 0.717) is 19.1 Å². The molecule has 3 heteroatoms. The van der Waals surface area contributed by atoms with E-state index in [1.54, 1.807) is 6.20 Å². The van der Waals surface area contributed by atoms with Crippen LogP contribution in [0.2, 0.25) is 0 Å². The van der Waals surface area contributed by atoms with Crippen LogP contribution in [0.3, 0.4) is 0 Å². The van der Waals surface area contributed by atoms with E-state index in [1.165, 1.54) is 0 Å². The normalized spacial score (nSPS) is 10.6. The van der Waals surface area contributed by atoms with Gasteiger partial charge in [-0.15, -0.1) is 0 Å². The van der Waals surface area contributed by atoms with Crippen LogP contribution < -0.4 is 10.5 Å². The van der Waals surface area contributed by atoms with Crippen LogP contribution >= 0.6 is 0 Å². The van der Waals surface area contributed by atoms with Gasteiger partial charge in [0.25, 0.3) is 0 Å². The third-order valence-electron chi connectivity index (χ3n) is 1.82. The van der Waals surface area contributed by atoms with Crippen molar-refractivity contribution in [3.05, 3.63) is 23.9 Å². The van der Waals surface area contributed by atoms with Crippen molar-refractivity contribution >= 4 is 0 Å². The molecule has 2 N–H and O–H groups in total. The molecule has 0 aromatic carbocycles. The van der Waals surface area contributed by atoms with Gasteiger partial charge in [0, 0.05) is 11.8 Å². The largest absolute Gasteiger partial charge is 0.477 e. The number of hydrogen-bond acceptors (Lipinski definition) is 3. The molecule has 0 saturated heterocycles. The van der Waals surface area contributed by atoms with Crippen LogP contribution in [0.25, 0.3) is 0 Å². The van der Waals surface area contributed by atoms with Crippen molar-refractivity contribution in [2.75, 3.05) is 13.2 Å². The van der Waals surface area contributed by atoms with Gasteiger partial charge in [-0.3, -0.25) is 0 Å². The molecule has 0 saturated carbocycles. The summed E-state index contributed by atoms with van der Waals surface area (Å²) in [6.45, 7) is 5.56. The lowest BCUT2D eigenvalue weighted by Crippen LogP contribution is -2.09. The average molecular weight is 194 g/mol. The predicted molar refractivity (Wildman–Crippen MR) is 57.3 cm³/mol. The highest BCUT2D eigenvalue weighted by molar-refractivity contribution is 5.25. The quantitative estimate of drug-likeness (QED) is 0.774. The Morgan fingerprint density at radius 1 is 1.50 bits per heavy atom. The minimum absolute atomic E-state index is 0.516. The number of nitrogens with two attached hydrogens (primary N) is 1. The maximum Gasteiger partial charge on any atom is 0.216 e. The SMILES string of the molecule is CC(C)COc1ncccc1CCN. The van der Waals surface area contributed by atoms with E-state index >= 15 is 0 Å². The molecule has 0 fully saturated rings. The summed E-state index contributed by atoms with van der Waals surface area (Å²) < 4.78 is 5.58. The highest BCUT2D eigenvalue weighted by Gasteiger charge is 2.04. The van der Waals surface area contributed by atoms with E-state index in [9.17, 15) is 0 Å². The third kappa shape index (κ3) is 3.34. The average Bonchev–Trinajstić information content (AvgIpc) is 2.17. The Hall–Kier alpha value is -1.09. The van der Waals surface area contributed by atoms with Crippen LogP contribution in [0, 0.1) is 5.92 Å². The third-order valence-corrected chi connectivity index (χ3v) is 1.82. The van der Waals surface area contributed by atoms with Crippen molar-refractivity contribution < 1.29 is 4.74 Å². The summed E-state index contributed by atoms with van der Waals surface area (Å²) in [5.41, 5.74) is 6.60. The van der Waals surface area contributed by atoms with Crippen LogP contribution in [-0.4, -0.2) is 18.1 Å². The summed E-state index contributed by atoms with van der Waals surface area (Å²) in [6, 6.07) is 3.92. The monoisotopic (exact) mass is 194 g/mol. The molecule has 1 rings (SSSR count). The summed E-state index contributed by atoms with van der Waals surface area (Å²) in [7, 11) is 0. The maximum atomic E-state index is 5.58. The zero-order chi connectivity index (χ0) is 10.4. The first-order valence-electron chi connectivity index (χ1n) is 5.00. The van der Waals surface area contributed by atoms with E-state index < -0.39 is 0 Å². The number of pyridine rings is 1. The Labute approximate surface area is 85.3 Å². The second kappa shape index (κ2) is 5.60. The predicted octanol–water partition coefficient (Wildman–Crippen LogP) is 1.62. The van der Waals surface area contributed by atoms with Crippen molar-refractivity contribution in [3.63, 3.8) is 0 Å². The molecule has 1 heterocycles. The highest BCUT2D eigenvalue weighted by Crippen LogP contribution is 2.15. The van der Waals surface area contributed by atoms with Gasteiger partial charge in [0.1, 0.15) is 0 Å². The lowest BCUT2D eigenvalue weighted by molar-refractivity contribution is 0.259. The van der Waals surface area contributed by atoms with Crippen molar-refractivity contribution in [2.45, 2.75) is 20.3 Å². The summed E-state index contributed by atoms with van der Waals surface area (Å²) in [5.74, 6) is 1.24. The van der Waals surface area contributed by atoms with E-state index in [0.717, 1.165) is 17.9 Å². The fourth-order valence-corrected chi connectivity index (χ4v) is 1.15. The Morgan fingerprint density at radius 3 is 2.93 bits per heavy atom. The molecule has 0 unspecified atom stereocenters. The summed E-state index contributed by atoms with van der Waals surface area (Å²) in [6.07, 6.45) is 2.57. The zero-order valence-electron chi connectivity index (χ0n) is 8.86. The van der Waals surface area contributed by atoms with Crippen LogP contribution in [0.5, 0.6) is 5.88 Å². The Morgan fingerprint density at radius 2 is 2.29 bits per heavy atom. The lowest BCUT2D eigenvalue weighted by Gasteiger charge is -2.10. The van der Waals surface area contributed by atoms with Gasteiger partial charge in [-0.25, -0.2) is 4.98 Å². The van der Waals surface area contributed by atoms with Crippen LogP contribution in [0.1, 0.15) is 19.4 Å². The summed E-state index contributed by atoms with van der Waals surface area (Å²) in [4.78, 5) is 4.19. The van der Waals surface area contributed by atoms with Crippen molar-refractivity contribution in [3.8, 4) is 5.88 Å².